The quantitative estimate of drug-likeness (QED) is 0.440. The van der Waals surface area contributed by atoms with Gasteiger partial charge in [0.15, 0.2) is 0 Å². The second-order valence-corrected chi connectivity index (χ2v) is 12.0. The summed E-state index contributed by atoms with van der Waals surface area (Å²) < 4.78 is 2.27. The highest BCUT2D eigenvalue weighted by Crippen LogP contribution is 2.29. The normalized spacial score (nSPS) is 19.3. The van der Waals surface area contributed by atoms with Crippen molar-refractivity contribution in [1.29, 1.82) is 5.26 Å². The van der Waals surface area contributed by atoms with Crippen LogP contribution in [0.4, 0.5) is 0 Å². The molecule has 40 heavy (non-hydrogen) atoms. The third-order valence-electron chi connectivity index (χ3n) is 7.95. The van der Waals surface area contributed by atoms with Gasteiger partial charge in [-0.2, -0.15) is 5.26 Å². The smallest absolute Gasteiger partial charge is 0.245 e. The van der Waals surface area contributed by atoms with Crippen molar-refractivity contribution in [1.82, 2.24) is 19.8 Å². The molecule has 2 aromatic rings. The highest BCUT2D eigenvalue weighted by Gasteiger charge is 2.39. The number of nitriles is 1. The first kappa shape index (κ1) is 29.6. The van der Waals surface area contributed by atoms with Gasteiger partial charge in [0.2, 0.25) is 17.7 Å². The number of hydrogen-bond donors (Lipinski definition) is 1. The molecule has 0 bridgehead atoms. The Balaban J connectivity index is 1.33. The summed E-state index contributed by atoms with van der Waals surface area (Å²) in [6, 6.07) is 10.0. The lowest BCUT2D eigenvalue weighted by Gasteiger charge is -2.31. The molecule has 4 rings (SSSR count). The Hall–Kier alpha value is -3.38. The molecule has 2 atom stereocenters. The average molecular weight is 550 g/mol. The third kappa shape index (κ3) is 7.03. The number of fused-ring (bicyclic) bond motifs is 1. The van der Waals surface area contributed by atoms with E-state index in [-0.39, 0.29) is 36.6 Å². The molecule has 2 aliphatic rings. The lowest BCUT2D eigenvalue weighted by atomic mass is 10.1. The molecule has 0 saturated carbocycles. The van der Waals surface area contributed by atoms with Crippen molar-refractivity contribution in [2.24, 2.45) is 0 Å². The van der Waals surface area contributed by atoms with Crippen LogP contribution in [0.5, 0.6) is 0 Å². The molecular weight excluding hydrogens is 506 g/mol. The molecule has 1 aromatic heterocycles. The zero-order valence-electron chi connectivity index (χ0n) is 24.4. The number of likely N-dealkylation sites (tertiary alicyclic amines) is 2. The van der Waals surface area contributed by atoms with Gasteiger partial charge in [0.1, 0.15) is 6.04 Å². The summed E-state index contributed by atoms with van der Waals surface area (Å²) >= 11 is 0. The van der Waals surface area contributed by atoms with Crippen molar-refractivity contribution in [3.05, 3.63) is 35.5 Å². The molecule has 3 heterocycles. The van der Waals surface area contributed by atoms with Gasteiger partial charge in [-0.25, -0.2) is 5.48 Å². The zero-order chi connectivity index (χ0) is 28.9. The summed E-state index contributed by atoms with van der Waals surface area (Å²) in [5.74, 6) is -0.232. The Morgan fingerprint density at radius 3 is 2.55 bits per heavy atom. The van der Waals surface area contributed by atoms with Crippen LogP contribution in [-0.2, 0) is 32.2 Å². The van der Waals surface area contributed by atoms with E-state index in [2.05, 4.69) is 29.1 Å². The second kappa shape index (κ2) is 12.9. The van der Waals surface area contributed by atoms with Gasteiger partial charge in [0, 0.05) is 49.7 Å². The number of hydrogen-bond acceptors (Lipinski definition) is 5. The Morgan fingerprint density at radius 1 is 1.07 bits per heavy atom. The molecule has 2 fully saturated rings. The largest absolute Gasteiger partial charge is 0.345 e. The summed E-state index contributed by atoms with van der Waals surface area (Å²) in [6.07, 6.45) is 6.06. The second-order valence-electron chi connectivity index (χ2n) is 12.0. The first-order valence-electron chi connectivity index (χ1n) is 14.7. The van der Waals surface area contributed by atoms with Crippen molar-refractivity contribution < 1.29 is 19.2 Å². The van der Waals surface area contributed by atoms with E-state index in [0.717, 1.165) is 56.1 Å². The summed E-state index contributed by atoms with van der Waals surface area (Å²) in [7, 11) is 0. The maximum Gasteiger partial charge on any atom is 0.245 e. The molecule has 2 aliphatic heterocycles. The van der Waals surface area contributed by atoms with E-state index in [1.165, 1.54) is 5.69 Å². The molecule has 0 spiro atoms. The molecular formula is C31H43N5O4. The topological polar surface area (TPSA) is 108 Å². The van der Waals surface area contributed by atoms with E-state index in [1.807, 2.05) is 43.9 Å². The number of amides is 3. The fourth-order valence-electron chi connectivity index (χ4n) is 6.02. The molecule has 9 nitrogen and oxygen atoms in total. The van der Waals surface area contributed by atoms with E-state index in [9.17, 15) is 19.6 Å². The van der Waals surface area contributed by atoms with E-state index < -0.39 is 11.6 Å². The van der Waals surface area contributed by atoms with Crippen LogP contribution in [0.1, 0.15) is 90.3 Å². The third-order valence-corrected chi connectivity index (χ3v) is 7.95. The number of aryl methyl sites for hydroxylation is 2. The summed E-state index contributed by atoms with van der Waals surface area (Å²) in [6.45, 7) is 9.82. The SMILES string of the molecule is CCn1c(CC[C@@H]2CCCN2C(=O)[C@H]2CCCN2C(=O)CCCC(=O)NOC(C)(C)C)cc2ccc(C#N)cc21. The maximum atomic E-state index is 13.7. The Kier molecular flexibility index (Phi) is 9.52. The van der Waals surface area contributed by atoms with Gasteiger partial charge >= 0.3 is 0 Å². The number of nitrogens with zero attached hydrogens (tertiary/aromatic N) is 4. The number of hydroxylamine groups is 1. The van der Waals surface area contributed by atoms with Crippen LogP contribution in [-0.4, -0.2) is 62.9 Å². The van der Waals surface area contributed by atoms with Gasteiger partial charge in [-0.05, 0) is 96.2 Å². The Morgan fingerprint density at radius 2 is 1.82 bits per heavy atom. The summed E-state index contributed by atoms with van der Waals surface area (Å²) in [4.78, 5) is 47.8. The molecule has 1 N–H and O–H groups in total. The number of nitrogens with one attached hydrogen (secondary N) is 1. The first-order valence-corrected chi connectivity index (χ1v) is 14.7. The van der Waals surface area contributed by atoms with E-state index in [1.54, 1.807) is 4.90 Å². The van der Waals surface area contributed by atoms with E-state index in [4.69, 9.17) is 4.84 Å². The van der Waals surface area contributed by atoms with Gasteiger partial charge < -0.3 is 14.4 Å². The number of carbonyl (C=O) groups excluding carboxylic acids is 3. The molecule has 0 unspecified atom stereocenters. The summed E-state index contributed by atoms with van der Waals surface area (Å²) in [5.41, 5.74) is 4.93. The zero-order valence-corrected chi connectivity index (χ0v) is 24.4. The predicted molar refractivity (Wildman–Crippen MR) is 153 cm³/mol. The van der Waals surface area contributed by atoms with Crippen molar-refractivity contribution in [2.45, 2.75) is 110 Å². The lowest BCUT2D eigenvalue weighted by molar-refractivity contribution is -0.146. The standard InChI is InChI=1S/C31H43N5O4/c1-5-34-25(20-23-14-13-22(21-32)19-27(23)34)16-15-24-9-7-17-35(24)30(39)26-10-8-18-36(26)29(38)12-6-11-28(37)33-40-31(2,3)4/h13-14,19-20,24,26H,5-12,15-18H2,1-4H3,(H,33,37)/t24-,26+/m0/s1. The number of carbonyl (C=O) groups is 3. The molecule has 9 heteroatoms. The number of benzene rings is 1. The van der Waals surface area contributed by atoms with E-state index in [0.29, 0.717) is 24.9 Å². The molecule has 0 radical (unpaired) electrons. The number of aromatic nitrogens is 1. The van der Waals surface area contributed by atoms with Crippen molar-refractivity contribution in [2.75, 3.05) is 13.1 Å². The van der Waals surface area contributed by atoms with Crippen LogP contribution in [0.25, 0.3) is 10.9 Å². The maximum absolute atomic E-state index is 13.7. The van der Waals surface area contributed by atoms with Crippen molar-refractivity contribution in [3.63, 3.8) is 0 Å². The predicted octanol–water partition coefficient (Wildman–Crippen LogP) is 4.46. The monoisotopic (exact) mass is 549 g/mol. The minimum atomic E-state index is -0.474. The van der Waals surface area contributed by atoms with Gasteiger partial charge in [0.25, 0.3) is 0 Å². The van der Waals surface area contributed by atoms with Crippen LogP contribution in [0.2, 0.25) is 0 Å². The molecule has 2 saturated heterocycles. The molecule has 3 amide bonds. The van der Waals surface area contributed by atoms with Crippen LogP contribution < -0.4 is 5.48 Å². The number of rotatable bonds is 10. The Bertz CT molecular complexity index is 1270. The first-order chi connectivity index (χ1) is 19.1. The van der Waals surface area contributed by atoms with Crippen LogP contribution >= 0.6 is 0 Å². The van der Waals surface area contributed by atoms with Crippen LogP contribution in [0.3, 0.4) is 0 Å². The Labute approximate surface area is 237 Å². The van der Waals surface area contributed by atoms with Crippen molar-refractivity contribution in [3.8, 4) is 6.07 Å². The van der Waals surface area contributed by atoms with Crippen molar-refractivity contribution >= 4 is 28.6 Å². The molecule has 1 aromatic carbocycles. The highest BCUT2D eigenvalue weighted by atomic mass is 16.7. The highest BCUT2D eigenvalue weighted by molar-refractivity contribution is 5.89. The van der Waals surface area contributed by atoms with Gasteiger partial charge in [-0.3, -0.25) is 19.2 Å². The van der Waals surface area contributed by atoms with E-state index >= 15 is 0 Å². The molecule has 216 valence electrons. The van der Waals surface area contributed by atoms with Gasteiger partial charge in [-0.15, -0.1) is 0 Å². The minimum Gasteiger partial charge on any atom is -0.345 e. The van der Waals surface area contributed by atoms with Gasteiger partial charge in [-0.1, -0.05) is 6.07 Å². The fraction of sp³-hybridized carbons (Fsp3) is 0.613. The summed E-state index contributed by atoms with van der Waals surface area (Å²) in [5, 5.41) is 10.4. The average Bonchev–Trinajstić information content (AvgIpc) is 3.67. The van der Waals surface area contributed by atoms with Crippen LogP contribution in [0.15, 0.2) is 24.3 Å². The van der Waals surface area contributed by atoms with Gasteiger partial charge in [0.05, 0.1) is 17.2 Å². The molecule has 0 aliphatic carbocycles. The lowest BCUT2D eigenvalue weighted by Crippen LogP contribution is -2.49. The minimum absolute atomic E-state index is 0.0552. The van der Waals surface area contributed by atoms with Crippen LogP contribution in [0, 0.1) is 11.3 Å². The fourth-order valence-corrected chi connectivity index (χ4v) is 6.02.